The summed E-state index contributed by atoms with van der Waals surface area (Å²) in [6, 6.07) is 16.3. The third-order valence-corrected chi connectivity index (χ3v) is 3.96. The number of para-hydroxylation sites is 1. The van der Waals surface area contributed by atoms with E-state index < -0.39 is 0 Å². The fourth-order valence-corrected chi connectivity index (χ4v) is 2.83. The molecule has 23 heavy (non-hydrogen) atoms. The molecule has 0 spiro atoms. The molecule has 0 unspecified atom stereocenters. The van der Waals surface area contributed by atoms with Crippen molar-refractivity contribution in [2.75, 3.05) is 16.8 Å². The SMILES string of the molecule is c1ccc(CNc2nccc(N3CCc4ccccc43)n2)nc1. The molecule has 3 heterocycles. The molecule has 1 aromatic carbocycles. The summed E-state index contributed by atoms with van der Waals surface area (Å²) >= 11 is 0. The van der Waals surface area contributed by atoms with Crippen LogP contribution in [0.2, 0.25) is 0 Å². The number of anilines is 3. The molecule has 1 aliphatic rings. The number of fused-ring (bicyclic) bond motifs is 1. The molecular weight excluding hydrogens is 286 g/mol. The minimum Gasteiger partial charge on any atom is -0.349 e. The van der Waals surface area contributed by atoms with E-state index in [0.717, 1.165) is 24.5 Å². The average molecular weight is 303 g/mol. The largest absolute Gasteiger partial charge is 0.349 e. The molecule has 1 N–H and O–H groups in total. The summed E-state index contributed by atoms with van der Waals surface area (Å²) in [5.41, 5.74) is 3.57. The van der Waals surface area contributed by atoms with Gasteiger partial charge in [-0.05, 0) is 36.2 Å². The predicted molar refractivity (Wildman–Crippen MR) is 90.7 cm³/mol. The van der Waals surface area contributed by atoms with Crippen molar-refractivity contribution in [2.24, 2.45) is 0 Å². The van der Waals surface area contributed by atoms with Crippen LogP contribution in [0.25, 0.3) is 0 Å². The first-order valence-corrected chi connectivity index (χ1v) is 7.72. The van der Waals surface area contributed by atoms with Gasteiger partial charge < -0.3 is 10.2 Å². The highest BCUT2D eigenvalue weighted by Gasteiger charge is 2.20. The molecule has 0 radical (unpaired) electrons. The van der Waals surface area contributed by atoms with Gasteiger partial charge in [0.05, 0.1) is 12.2 Å². The molecule has 5 nitrogen and oxygen atoms in total. The molecule has 0 bridgehead atoms. The van der Waals surface area contributed by atoms with Crippen LogP contribution in [0, 0.1) is 0 Å². The highest BCUT2D eigenvalue weighted by molar-refractivity contribution is 5.67. The van der Waals surface area contributed by atoms with Crippen molar-refractivity contribution in [3.63, 3.8) is 0 Å². The monoisotopic (exact) mass is 303 g/mol. The van der Waals surface area contributed by atoms with E-state index in [9.17, 15) is 0 Å². The molecule has 114 valence electrons. The van der Waals surface area contributed by atoms with Gasteiger partial charge in [0.2, 0.25) is 5.95 Å². The third-order valence-electron chi connectivity index (χ3n) is 3.96. The molecular formula is C18H17N5. The topological polar surface area (TPSA) is 53.9 Å². The molecule has 2 aromatic heterocycles. The van der Waals surface area contributed by atoms with Crippen molar-refractivity contribution in [3.05, 3.63) is 72.2 Å². The lowest BCUT2D eigenvalue weighted by Gasteiger charge is -2.18. The van der Waals surface area contributed by atoms with Crippen LogP contribution in [0.5, 0.6) is 0 Å². The highest BCUT2D eigenvalue weighted by Crippen LogP contribution is 2.33. The molecule has 1 aliphatic heterocycles. The first-order valence-electron chi connectivity index (χ1n) is 7.72. The number of aromatic nitrogens is 3. The van der Waals surface area contributed by atoms with Crippen LogP contribution in [0.3, 0.4) is 0 Å². The van der Waals surface area contributed by atoms with Gasteiger partial charge in [0, 0.05) is 24.6 Å². The minimum atomic E-state index is 0.612. The Hall–Kier alpha value is -2.95. The second kappa shape index (κ2) is 6.04. The van der Waals surface area contributed by atoms with E-state index in [4.69, 9.17) is 0 Å². The summed E-state index contributed by atoms with van der Waals surface area (Å²) in [5.74, 6) is 1.55. The second-order valence-corrected chi connectivity index (χ2v) is 5.44. The number of hydrogen-bond donors (Lipinski definition) is 1. The van der Waals surface area contributed by atoms with Crippen molar-refractivity contribution in [3.8, 4) is 0 Å². The summed E-state index contributed by atoms with van der Waals surface area (Å²) < 4.78 is 0. The van der Waals surface area contributed by atoms with Gasteiger partial charge in [-0.25, -0.2) is 4.98 Å². The van der Waals surface area contributed by atoms with E-state index in [2.05, 4.69) is 49.4 Å². The Labute approximate surface area is 135 Å². The smallest absolute Gasteiger partial charge is 0.224 e. The van der Waals surface area contributed by atoms with Gasteiger partial charge in [-0.3, -0.25) is 4.98 Å². The first kappa shape index (κ1) is 13.7. The molecule has 0 amide bonds. The zero-order chi connectivity index (χ0) is 15.5. The van der Waals surface area contributed by atoms with E-state index in [1.807, 2.05) is 24.3 Å². The summed E-state index contributed by atoms with van der Waals surface area (Å²) in [7, 11) is 0. The van der Waals surface area contributed by atoms with Crippen LogP contribution in [0.15, 0.2) is 60.9 Å². The summed E-state index contributed by atoms with van der Waals surface area (Å²) in [6.45, 7) is 1.57. The summed E-state index contributed by atoms with van der Waals surface area (Å²) in [6.07, 6.45) is 4.64. The van der Waals surface area contributed by atoms with Gasteiger partial charge in [0.1, 0.15) is 5.82 Å². The van der Waals surface area contributed by atoms with Crippen LogP contribution >= 0.6 is 0 Å². The van der Waals surface area contributed by atoms with E-state index in [0.29, 0.717) is 12.5 Å². The molecule has 0 saturated carbocycles. The standard InChI is InChI=1S/C18H17N5/c1-2-7-16-14(5-1)9-12-23(16)17-8-11-20-18(22-17)21-13-15-6-3-4-10-19-15/h1-8,10-11H,9,12-13H2,(H,20,21,22). The van der Waals surface area contributed by atoms with Gasteiger partial charge in [-0.15, -0.1) is 0 Å². The van der Waals surface area contributed by atoms with E-state index in [1.54, 1.807) is 12.4 Å². The average Bonchev–Trinajstić information content (AvgIpc) is 3.05. The van der Waals surface area contributed by atoms with Crippen LogP contribution < -0.4 is 10.2 Å². The normalized spacial score (nSPS) is 13.0. The predicted octanol–water partition coefficient (Wildman–Crippen LogP) is 3.18. The Balaban J connectivity index is 1.53. The van der Waals surface area contributed by atoms with Crippen LogP contribution in [-0.2, 0) is 13.0 Å². The Kier molecular flexibility index (Phi) is 3.60. The Morgan fingerprint density at radius 2 is 1.87 bits per heavy atom. The number of nitrogens with zero attached hydrogens (tertiary/aromatic N) is 4. The van der Waals surface area contributed by atoms with Gasteiger partial charge >= 0.3 is 0 Å². The van der Waals surface area contributed by atoms with Gasteiger partial charge in [-0.2, -0.15) is 4.98 Å². The molecule has 5 heteroatoms. The quantitative estimate of drug-likeness (QED) is 0.802. The molecule has 0 atom stereocenters. The summed E-state index contributed by atoms with van der Waals surface area (Å²) in [4.78, 5) is 15.5. The molecule has 3 aromatic rings. The van der Waals surface area contributed by atoms with Crippen molar-refractivity contribution < 1.29 is 0 Å². The van der Waals surface area contributed by atoms with Crippen molar-refractivity contribution in [1.82, 2.24) is 15.0 Å². The molecule has 0 fully saturated rings. The highest BCUT2D eigenvalue weighted by atomic mass is 15.2. The van der Waals surface area contributed by atoms with Gasteiger partial charge in [-0.1, -0.05) is 24.3 Å². The lowest BCUT2D eigenvalue weighted by molar-refractivity contribution is 0.951. The Morgan fingerprint density at radius 3 is 2.78 bits per heavy atom. The van der Waals surface area contributed by atoms with Crippen LogP contribution in [0.1, 0.15) is 11.3 Å². The van der Waals surface area contributed by atoms with Gasteiger partial charge in [0.25, 0.3) is 0 Å². The maximum absolute atomic E-state index is 4.64. The van der Waals surface area contributed by atoms with Crippen LogP contribution in [-0.4, -0.2) is 21.5 Å². The lowest BCUT2D eigenvalue weighted by Crippen LogP contribution is -2.16. The molecule has 0 aliphatic carbocycles. The second-order valence-electron chi connectivity index (χ2n) is 5.44. The number of pyridine rings is 1. The maximum Gasteiger partial charge on any atom is 0.224 e. The summed E-state index contributed by atoms with van der Waals surface area (Å²) in [5, 5.41) is 3.24. The Morgan fingerprint density at radius 1 is 0.957 bits per heavy atom. The number of hydrogen-bond acceptors (Lipinski definition) is 5. The lowest BCUT2D eigenvalue weighted by atomic mass is 10.2. The van der Waals surface area contributed by atoms with E-state index in [-0.39, 0.29) is 0 Å². The minimum absolute atomic E-state index is 0.612. The van der Waals surface area contributed by atoms with Crippen LogP contribution in [0.4, 0.5) is 17.5 Å². The number of benzene rings is 1. The fraction of sp³-hybridized carbons (Fsp3) is 0.167. The number of nitrogens with one attached hydrogen (secondary N) is 1. The van der Waals surface area contributed by atoms with E-state index in [1.165, 1.54) is 11.3 Å². The zero-order valence-electron chi connectivity index (χ0n) is 12.7. The zero-order valence-corrected chi connectivity index (χ0v) is 12.7. The Bertz CT molecular complexity index is 803. The van der Waals surface area contributed by atoms with Crippen molar-refractivity contribution >= 4 is 17.5 Å². The maximum atomic E-state index is 4.64. The van der Waals surface area contributed by atoms with Crippen molar-refractivity contribution in [1.29, 1.82) is 0 Å². The van der Waals surface area contributed by atoms with Crippen molar-refractivity contribution in [2.45, 2.75) is 13.0 Å². The van der Waals surface area contributed by atoms with Gasteiger partial charge in [0.15, 0.2) is 0 Å². The number of rotatable bonds is 4. The molecule has 0 saturated heterocycles. The fourth-order valence-electron chi connectivity index (χ4n) is 2.83. The molecule has 4 rings (SSSR count). The third kappa shape index (κ3) is 2.85. The van der Waals surface area contributed by atoms with E-state index >= 15 is 0 Å². The first-order chi connectivity index (χ1) is 11.4.